The van der Waals surface area contributed by atoms with Gasteiger partial charge in [0.1, 0.15) is 0 Å². The molecule has 0 fully saturated rings. The van der Waals surface area contributed by atoms with Crippen molar-refractivity contribution in [1.29, 1.82) is 0 Å². The second-order valence-electron chi connectivity index (χ2n) is 6.93. The minimum absolute atomic E-state index is 0.0286. The zero-order valence-corrected chi connectivity index (χ0v) is 16.6. The fourth-order valence-electron chi connectivity index (χ4n) is 2.60. The number of anilines is 1. The molecule has 0 spiro atoms. The first-order valence-electron chi connectivity index (χ1n) is 9.32. The average Bonchev–Trinajstić information content (AvgIpc) is 2.72. The van der Waals surface area contributed by atoms with Crippen LogP contribution in [0.4, 0.5) is 5.69 Å². The zero-order chi connectivity index (χ0) is 20.5. The van der Waals surface area contributed by atoms with Crippen LogP contribution < -0.4 is 10.6 Å². The number of hydrogen-bond donors (Lipinski definition) is 2. The van der Waals surface area contributed by atoms with Gasteiger partial charge in [0, 0.05) is 43.9 Å². The van der Waals surface area contributed by atoms with Gasteiger partial charge in [0.15, 0.2) is 6.29 Å². The highest BCUT2D eigenvalue weighted by atomic mass is 16.2. The predicted octanol–water partition coefficient (Wildman–Crippen LogP) is 2.96. The minimum atomic E-state index is -0.180. The van der Waals surface area contributed by atoms with Crippen LogP contribution in [0.25, 0.3) is 0 Å². The Balaban J connectivity index is 1.81. The topological polar surface area (TPSA) is 78.5 Å². The Bertz CT molecular complexity index is 816. The molecule has 0 atom stereocenters. The molecule has 0 unspecified atom stereocenters. The Morgan fingerprint density at radius 1 is 1.07 bits per heavy atom. The van der Waals surface area contributed by atoms with Crippen LogP contribution in [0.3, 0.4) is 0 Å². The Morgan fingerprint density at radius 2 is 1.75 bits per heavy atom. The van der Waals surface area contributed by atoms with Crippen LogP contribution in [0.1, 0.15) is 40.1 Å². The third-order valence-corrected chi connectivity index (χ3v) is 4.39. The minimum Gasteiger partial charge on any atom is -0.383 e. The maximum absolute atomic E-state index is 12.5. The van der Waals surface area contributed by atoms with Crippen LogP contribution in [0.2, 0.25) is 0 Å². The van der Waals surface area contributed by atoms with Crippen LogP contribution in [0.15, 0.2) is 48.5 Å². The SMILES string of the molecule is CC(C)C(=O)NCc1ccc(NCCN(C)C(=O)c2ccccc2C=O)cc1. The molecule has 2 aromatic rings. The Morgan fingerprint density at radius 3 is 2.39 bits per heavy atom. The van der Waals surface area contributed by atoms with Crippen molar-refractivity contribution in [2.75, 3.05) is 25.5 Å². The average molecular weight is 381 g/mol. The monoisotopic (exact) mass is 381 g/mol. The summed E-state index contributed by atoms with van der Waals surface area (Å²) in [6.07, 6.45) is 0.699. The van der Waals surface area contributed by atoms with Gasteiger partial charge in [-0.25, -0.2) is 0 Å². The van der Waals surface area contributed by atoms with E-state index in [1.807, 2.05) is 38.1 Å². The van der Waals surface area contributed by atoms with Crippen molar-refractivity contribution in [2.24, 2.45) is 5.92 Å². The summed E-state index contributed by atoms with van der Waals surface area (Å²) in [6.45, 7) is 5.31. The molecule has 2 amide bonds. The highest BCUT2D eigenvalue weighted by Gasteiger charge is 2.14. The molecule has 6 heteroatoms. The van der Waals surface area contributed by atoms with E-state index in [0.717, 1.165) is 11.3 Å². The quantitative estimate of drug-likeness (QED) is 0.655. The van der Waals surface area contributed by atoms with Crippen molar-refractivity contribution >= 4 is 23.8 Å². The van der Waals surface area contributed by atoms with Gasteiger partial charge in [0.2, 0.25) is 5.91 Å². The molecule has 28 heavy (non-hydrogen) atoms. The number of rotatable bonds is 9. The van der Waals surface area contributed by atoms with Gasteiger partial charge >= 0.3 is 0 Å². The van der Waals surface area contributed by atoms with E-state index in [0.29, 0.717) is 37.0 Å². The van der Waals surface area contributed by atoms with E-state index < -0.39 is 0 Å². The third-order valence-electron chi connectivity index (χ3n) is 4.39. The first-order valence-corrected chi connectivity index (χ1v) is 9.32. The number of benzene rings is 2. The molecule has 2 aromatic carbocycles. The fourth-order valence-corrected chi connectivity index (χ4v) is 2.60. The number of hydrogen-bond acceptors (Lipinski definition) is 4. The van der Waals surface area contributed by atoms with Gasteiger partial charge in [-0.3, -0.25) is 14.4 Å². The van der Waals surface area contributed by atoms with Gasteiger partial charge in [-0.15, -0.1) is 0 Å². The molecule has 2 rings (SSSR count). The molecule has 0 radical (unpaired) electrons. The number of nitrogens with one attached hydrogen (secondary N) is 2. The molecule has 148 valence electrons. The van der Waals surface area contributed by atoms with Crippen molar-refractivity contribution in [3.8, 4) is 0 Å². The van der Waals surface area contributed by atoms with Gasteiger partial charge in [-0.2, -0.15) is 0 Å². The van der Waals surface area contributed by atoms with Gasteiger partial charge in [0.05, 0.1) is 5.56 Å². The number of carbonyl (C=O) groups is 3. The molecule has 2 N–H and O–H groups in total. The van der Waals surface area contributed by atoms with E-state index in [4.69, 9.17) is 0 Å². The van der Waals surface area contributed by atoms with Crippen LogP contribution >= 0.6 is 0 Å². The largest absolute Gasteiger partial charge is 0.383 e. The molecule has 0 aliphatic rings. The summed E-state index contributed by atoms with van der Waals surface area (Å²) in [5, 5.41) is 6.16. The molecule has 0 heterocycles. The van der Waals surface area contributed by atoms with Crippen LogP contribution in [0.5, 0.6) is 0 Å². The van der Waals surface area contributed by atoms with Crippen LogP contribution in [-0.2, 0) is 11.3 Å². The fraction of sp³-hybridized carbons (Fsp3) is 0.318. The molecule has 0 aliphatic heterocycles. The molecular formula is C22H27N3O3. The number of aldehydes is 1. The van der Waals surface area contributed by atoms with Crippen molar-refractivity contribution in [1.82, 2.24) is 10.2 Å². The second-order valence-corrected chi connectivity index (χ2v) is 6.93. The van der Waals surface area contributed by atoms with E-state index in [2.05, 4.69) is 10.6 Å². The van der Waals surface area contributed by atoms with E-state index in [9.17, 15) is 14.4 Å². The van der Waals surface area contributed by atoms with Crippen molar-refractivity contribution in [2.45, 2.75) is 20.4 Å². The highest BCUT2D eigenvalue weighted by molar-refractivity contribution is 6.01. The number of carbonyl (C=O) groups excluding carboxylic acids is 3. The Kier molecular flexibility index (Phi) is 7.75. The molecule has 0 bridgehead atoms. The maximum Gasteiger partial charge on any atom is 0.254 e. The van der Waals surface area contributed by atoms with Crippen molar-refractivity contribution < 1.29 is 14.4 Å². The predicted molar refractivity (Wildman–Crippen MR) is 110 cm³/mol. The summed E-state index contributed by atoms with van der Waals surface area (Å²) < 4.78 is 0. The van der Waals surface area contributed by atoms with Gasteiger partial charge < -0.3 is 15.5 Å². The Labute approximate surface area is 165 Å². The summed E-state index contributed by atoms with van der Waals surface area (Å²) in [6, 6.07) is 14.6. The molecule has 0 saturated carbocycles. The molecule has 0 aliphatic carbocycles. The van der Waals surface area contributed by atoms with Crippen LogP contribution in [0, 0.1) is 5.92 Å². The molecule has 0 aromatic heterocycles. The molecule has 0 saturated heterocycles. The standard InChI is InChI=1S/C22H27N3O3/c1-16(2)21(27)24-14-17-8-10-19(11-9-17)23-12-13-25(3)22(28)20-7-5-4-6-18(20)15-26/h4-11,15-16,23H,12-14H2,1-3H3,(H,24,27). The number of amides is 2. The van der Waals surface area contributed by atoms with Gasteiger partial charge in [0.25, 0.3) is 5.91 Å². The molecule has 6 nitrogen and oxygen atoms in total. The number of nitrogens with zero attached hydrogens (tertiary/aromatic N) is 1. The highest BCUT2D eigenvalue weighted by Crippen LogP contribution is 2.11. The summed E-state index contributed by atoms with van der Waals surface area (Å²) in [5.41, 5.74) is 2.77. The summed E-state index contributed by atoms with van der Waals surface area (Å²) in [4.78, 5) is 36.8. The van der Waals surface area contributed by atoms with Gasteiger partial charge in [-0.05, 0) is 23.8 Å². The van der Waals surface area contributed by atoms with E-state index in [1.165, 1.54) is 0 Å². The summed E-state index contributed by atoms with van der Waals surface area (Å²) in [5.74, 6) is -0.175. The lowest BCUT2D eigenvalue weighted by molar-refractivity contribution is -0.124. The zero-order valence-electron chi connectivity index (χ0n) is 16.6. The van der Waals surface area contributed by atoms with E-state index >= 15 is 0 Å². The van der Waals surface area contributed by atoms with Crippen molar-refractivity contribution in [3.63, 3.8) is 0 Å². The number of likely N-dealkylation sites (N-methyl/N-ethyl adjacent to an activating group) is 1. The second kappa shape index (κ2) is 10.3. The normalized spacial score (nSPS) is 10.4. The van der Waals surface area contributed by atoms with E-state index in [1.54, 1.807) is 36.2 Å². The smallest absolute Gasteiger partial charge is 0.254 e. The molecular weight excluding hydrogens is 354 g/mol. The lowest BCUT2D eigenvalue weighted by Crippen LogP contribution is -2.32. The van der Waals surface area contributed by atoms with E-state index in [-0.39, 0.29) is 17.7 Å². The lowest BCUT2D eigenvalue weighted by atomic mass is 10.1. The Hall–Kier alpha value is -3.15. The lowest BCUT2D eigenvalue weighted by Gasteiger charge is -2.19. The maximum atomic E-state index is 12.5. The summed E-state index contributed by atoms with van der Waals surface area (Å²) >= 11 is 0. The van der Waals surface area contributed by atoms with Gasteiger partial charge in [-0.1, -0.05) is 44.2 Å². The third kappa shape index (κ3) is 5.94. The van der Waals surface area contributed by atoms with Crippen LogP contribution in [-0.4, -0.2) is 43.1 Å². The summed E-state index contributed by atoms with van der Waals surface area (Å²) in [7, 11) is 1.71. The first kappa shape index (κ1) is 21.2. The van der Waals surface area contributed by atoms with Crippen molar-refractivity contribution in [3.05, 3.63) is 65.2 Å². The first-order chi connectivity index (χ1) is 13.4.